The lowest BCUT2D eigenvalue weighted by atomic mass is 10.1. The van der Waals surface area contributed by atoms with Gasteiger partial charge in [0.05, 0.1) is 10.6 Å². The Morgan fingerprint density at radius 3 is 2.62 bits per heavy atom. The zero-order chi connectivity index (χ0) is 12.1. The number of aldehydes is 1. The Morgan fingerprint density at radius 2 is 2.19 bits per heavy atom. The average Bonchev–Trinajstić information content (AvgIpc) is 2.71. The van der Waals surface area contributed by atoms with E-state index in [0.717, 1.165) is 41.4 Å². The van der Waals surface area contributed by atoms with Crippen LogP contribution in [-0.2, 0) is 6.42 Å². The van der Waals surface area contributed by atoms with Crippen LogP contribution < -0.4 is 4.90 Å². The van der Waals surface area contributed by atoms with E-state index < -0.39 is 0 Å². The lowest BCUT2D eigenvalue weighted by Crippen LogP contribution is -2.23. The highest BCUT2D eigenvalue weighted by Gasteiger charge is 2.13. The summed E-state index contributed by atoms with van der Waals surface area (Å²) in [5, 5.41) is 0.958. The second-order valence-electron chi connectivity index (χ2n) is 4.17. The molecule has 0 fully saturated rings. The summed E-state index contributed by atoms with van der Waals surface area (Å²) in [7, 11) is 2.04. The third-order valence-electron chi connectivity index (χ3n) is 2.77. The van der Waals surface area contributed by atoms with Crippen molar-refractivity contribution in [2.45, 2.75) is 33.6 Å². The highest BCUT2D eigenvalue weighted by molar-refractivity contribution is 7.17. The fourth-order valence-electron chi connectivity index (χ4n) is 1.53. The van der Waals surface area contributed by atoms with Crippen LogP contribution in [0.1, 0.15) is 42.6 Å². The molecule has 1 rings (SSSR count). The molecule has 16 heavy (non-hydrogen) atoms. The van der Waals surface area contributed by atoms with E-state index >= 15 is 0 Å². The average molecular weight is 240 g/mol. The minimum absolute atomic E-state index is 0.652. The van der Waals surface area contributed by atoms with E-state index in [1.54, 1.807) is 0 Å². The number of hydrogen-bond acceptors (Lipinski definition) is 4. The summed E-state index contributed by atoms with van der Waals surface area (Å²) < 4.78 is 0. The normalized spacial score (nSPS) is 12.5. The summed E-state index contributed by atoms with van der Waals surface area (Å²) in [6.07, 6.45) is 2.90. The molecular weight excluding hydrogens is 220 g/mol. The second kappa shape index (κ2) is 5.99. The molecule has 0 amide bonds. The maximum absolute atomic E-state index is 10.9. The molecule has 0 spiro atoms. The molecule has 0 saturated heterocycles. The van der Waals surface area contributed by atoms with E-state index in [0.29, 0.717) is 5.92 Å². The molecule has 0 aliphatic carbocycles. The number of carbonyl (C=O) groups is 1. The number of aromatic nitrogens is 1. The van der Waals surface area contributed by atoms with Gasteiger partial charge in [0.1, 0.15) is 0 Å². The van der Waals surface area contributed by atoms with Crippen LogP contribution in [-0.4, -0.2) is 24.9 Å². The molecule has 4 heteroatoms. The van der Waals surface area contributed by atoms with E-state index in [9.17, 15) is 4.79 Å². The molecule has 1 atom stereocenters. The zero-order valence-corrected chi connectivity index (χ0v) is 11.3. The molecule has 1 aromatic heterocycles. The number of hydrogen-bond donors (Lipinski definition) is 0. The van der Waals surface area contributed by atoms with Gasteiger partial charge < -0.3 is 4.90 Å². The molecule has 90 valence electrons. The quantitative estimate of drug-likeness (QED) is 0.717. The van der Waals surface area contributed by atoms with Gasteiger partial charge >= 0.3 is 0 Å². The number of nitrogens with zero attached hydrogens (tertiary/aromatic N) is 2. The van der Waals surface area contributed by atoms with Gasteiger partial charge in [-0.2, -0.15) is 0 Å². The van der Waals surface area contributed by atoms with Crippen LogP contribution in [0.2, 0.25) is 0 Å². The predicted molar refractivity (Wildman–Crippen MR) is 69.6 cm³/mol. The van der Waals surface area contributed by atoms with Crippen molar-refractivity contribution < 1.29 is 4.79 Å². The molecule has 1 aromatic rings. The van der Waals surface area contributed by atoms with Gasteiger partial charge in [-0.15, -0.1) is 0 Å². The van der Waals surface area contributed by atoms with Gasteiger partial charge in [0.2, 0.25) is 0 Å². The first kappa shape index (κ1) is 13.2. The Balaban J connectivity index is 2.79. The lowest BCUT2D eigenvalue weighted by molar-refractivity contribution is 0.112. The first-order chi connectivity index (χ1) is 7.62. The van der Waals surface area contributed by atoms with Crippen molar-refractivity contribution in [1.82, 2.24) is 4.98 Å². The zero-order valence-electron chi connectivity index (χ0n) is 10.5. The van der Waals surface area contributed by atoms with Crippen molar-refractivity contribution in [3.8, 4) is 0 Å². The SMILES string of the molecule is CCc1nc(N(C)CC(C)CC)sc1C=O. The maximum atomic E-state index is 10.9. The van der Waals surface area contributed by atoms with Gasteiger partial charge in [-0.05, 0) is 12.3 Å². The van der Waals surface area contributed by atoms with Crippen LogP contribution in [0.3, 0.4) is 0 Å². The Bertz CT molecular complexity index is 349. The summed E-state index contributed by atoms with van der Waals surface area (Å²) in [6, 6.07) is 0. The van der Waals surface area contributed by atoms with Gasteiger partial charge in [0.15, 0.2) is 11.4 Å². The van der Waals surface area contributed by atoms with E-state index in [-0.39, 0.29) is 0 Å². The van der Waals surface area contributed by atoms with Gasteiger partial charge in [-0.3, -0.25) is 4.79 Å². The maximum Gasteiger partial charge on any atom is 0.185 e. The summed E-state index contributed by atoms with van der Waals surface area (Å²) >= 11 is 1.49. The van der Waals surface area contributed by atoms with Crippen molar-refractivity contribution in [2.24, 2.45) is 5.92 Å². The first-order valence-corrected chi connectivity index (χ1v) is 6.59. The number of carbonyl (C=O) groups excluding carboxylic acids is 1. The van der Waals surface area contributed by atoms with Gasteiger partial charge in [0.25, 0.3) is 0 Å². The number of aryl methyl sites for hydroxylation is 1. The smallest absolute Gasteiger partial charge is 0.185 e. The predicted octanol–water partition coefficient (Wildman–Crippen LogP) is 3.00. The van der Waals surface area contributed by atoms with Crippen LogP contribution >= 0.6 is 11.3 Å². The van der Waals surface area contributed by atoms with Gasteiger partial charge in [-0.25, -0.2) is 4.98 Å². The van der Waals surface area contributed by atoms with E-state index in [1.807, 2.05) is 14.0 Å². The highest BCUT2D eigenvalue weighted by atomic mass is 32.1. The number of thiazole rings is 1. The van der Waals surface area contributed by atoms with Crippen LogP contribution in [0, 0.1) is 5.92 Å². The van der Waals surface area contributed by atoms with Crippen molar-refractivity contribution in [3.63, 3.8) is 0 Å². The molecule has 0 aliphatic rings. The molecule has 0 aromatic carbocycles. The fraction of sp³-hybridized carbons (Fsp3) is 0.667. The van der Waals surface area contributed by atoms with Crippen molar-refractivity contribution in [3.05, 3.63) is 10.6 Å². The first-order valence-electron chi connectivity index (χ1n) is 5.78. The van der Waals surface area contributed by atoms with E-state index in [2.05, 4.69) is 23.7 Å². The van der Waals surface area contributed by atoms with Crippen LogP contribution in [0.4, 0.5) is 5.13 Å². The van der Waals surface area contributed by atoms with Gasteiger partial charge in [0, 0.05) is 13.6 Å². The monoisotopic (exact) mass is 240 g/mol. The molecule has 1 heterocycles. The molecule has 1 unspecified atom stereocenters. The Labute approximate surface area is 101 Å². The van der Waals surface area contributed by atoms with Crippen molar-refractivity contribution >= 4 is 22.8 Å². The Kier molecular flexibility index (Phi) is 4.93. The van der Waals surface area contributed by atoms with Gasteiger partial charge in [-0.1, -0.05) is 38.5 Å². The molecule has 0 saturated carbocycles. The van der Waals surface area contributed by atoms with Crippen LogP contribution in [0.15, 0.2) is 0 Å². The second-order valence-corrected chi connectivity index (χ2v) is 5.18. The molecule has 0 radical (unpaired) electrons. The summed E-state index contributed by atoms with van der Waals surface area (Å²) in [5.41, 5.74) is 0.922. The van der Waals surface area contributed by atoms with Crippen LogP contribution in [0.25, 0.3) is 0 Å². The van der Waals surface area contributed by atoms with Crippen molar-refractivity contribution in [2.75, 3.05) is 18.5 Å². The fourth-order valence-corrected chi connectivity index (χ4v) is 2.47. The molecular formula is C12H20N2OS. The molecule has 0 N–H and O–H groups in total. The third-order valence-corrected chi connectivity index (χ3v) is 3.90. The topological polar surface area (TPSA) is 33.2 Å². The lowest BCUT2D eigenvalue weighted by Gasteiger charge is -2.19. The Hall–Kier alpha value is -0.900. The van der Waals surface area contributed by atoms with Crippen molar-refractivity contribution in [1.29, 1.82) is 0 Å². The van der Waals surface area contributed by atoms with E-state index in [4.69, 9.17) is 0 Å². The third kappa shape index (κ3) is 3.04. The standard InChI is InChI=1S/C12H20N2OS/c1-5-9(3)7-14(4)12-13-10(6-2)11(8-15)16-12/h8-9H,5-7H2,1-4H3. The summed E-state index contributed by atoms with van der Waals surface area (Å²) in [4.78, 5) is 18.3. The number of anilines is 1. The van der Waals surface area contributed by atoms with E-state index in [1.165, 1.54) is 11.3 Å². The summed E-state index contributed by atoms with van der Waals surface area (Å²) in [5.74, 6) is 0.652. The minimum Gasteiger partial charge on any atom is -0.351 e. The molecule has 0 bridgehead atoms. The molecule has 3 nitrogen and oxygen atoms in total. The number of rotatable bonds is 6. The largest absolute Gasteiger partial charge is 0.351 e. The van der Waals surface area contributed by atoms with Crippen LogP contribution in [0.5, 0.6) is 0 Å². The summed E-state index contributed by atoms with van der Waals surface area (Å²) in [6.45, 7) is 7.44. The highest BCUT2D eigenvalue weighted by Crippen LogP contribution is 2.25. The minimum atomic E-state index is 0.652. The Morgan fingerprint density at radius 1 is 1.50 bits per heavy atom. The molecule has 0 aliphatic heterocycles.